The van der Waals surface area contributed by atoms with Crippen LogP contribution < -0.4 is 10.5 Å². The molecule has 2 N–H and O–H groups in total. The quantitative estimate of drug-likeness (QED) is 0.691. The number of nitrogen functional groups attached to an aromatic ring is 1. The highest BCUT2D eigenvalue weighted by Gasteiger charge is 2.14. The molecule has 2 aromatic rings. The lowest BCUT2D eigenvalue weighted by Gasteiger charge is -2.11. The zero-order chi connectivity index (χ0) is 14.5. The van der Waals surface area contributed by atoms with Gasteiger partial charge in [0.05, 0.1) is 24.7 Å². The maximum Gasteiger partial charge on any atom is 0.339 e. The number of anilines is 1. The lowest BCUT2D eigenvalue weighted by Crippen LogP contribution is -2.04. The van der Waals surface area contributed by atoms with Gasteiger partial charge < -0.3 is 15.2 Å². The lowest BCUT2D eigenvalue weighted by atomic mass is 10.2. The number of carbonyl (C=O) groups is 1. The molecule has 2 aromatic carbocycles. The van der Waals surface area contributed by atoms with Crippen LogP contribution in [0.15, 0.2) is 52.3 Å². The van der Waals surface area contributed by atoms with Crippen molar-refractivity contribution in [3.8, 4) is 5.75 Å². The first-order chi connectivity index (χ1) is 9.65. The predicted octanol–water partition coefficient (Wildman–Crippen LogP) is 3.22. The van der Waals surface area contributed by atoms with E-state index in [4.69, 9.17) is 15.2 Å². The summed E-state index contributed by atoms with van der Waals surface area (Å²) in [4.78, 5) is 13.5. The maximum atomic E-state index is 11.8. The molecule has 4 nitrogen and oxygen atoms in total. The number of nitrogens with two attached hydrogens (primary N) is 1. The SMILES string of the molecule is COC(=O)c1cc(N)ccc1Sc1ccccc1OC. The van der Waals surface area contributed by atoms with E-state index < -0.39 is 5.97 Å². The number of hydrogen-bond donors (Lipinski definition) is 1. The van der Waals surface area contributed by atoms with E-state index in [1.165, 1.54) is 18.9 Å². The number of carbonyl (C=O) groups excluding carboxylic acids is 1. The van der Waals surface area contributed by atoms with Gasteiger partial charge in [-0.3, -0.25) is 0 Å². The van der Waals surface area contributed by atoms with Crippen molar-refractivity contribution in [1.82, 2.24) is 0 Å². The molecule has 0 aliphatic carbocycles. The average Bonchev–Trinajstić information content (AvgIpc) is 2.48. The van der Waals surface area contributed by atoms with Gasteiger partial charge in [0.1, 0.15) is 5.75 Å². The van der Waals surface area contributed by atoms with Gasteiger partial charge in [-0.1, -0.05) is 23.9 Å². The minimum atomic E-state index is -0.408. The number of esters is 1. The Balaban J connectivity index is 2.40. The summed E-state index contributed by atoms with van der Waals surface area (Å²) in [5.41, 5.74) is 6.70. The van der Waals surface area contributed by atoms with Crippen molar-refractivity contribution in [3.63, 3.8) is 0 Å². The van der Waals surface area contributed by atoms with Gasteiger partial charge >= 0.3 is 5.97 Å². The smallest absolute Gasteiger partial charge is 0.339 e. The van der Waals surface area contributed by atoms with Gasteiger partial charge in [0.2, 0.25) is 0 Å². The van der Waals surface area contributed by atoms with Gasteiger partial charge in [-0.25, -0.2) is 4.79 Å². The predicted molar refractivity (Wildman–Crippen MR) is 79.3 cm³/mol. The zero-order valence-corrected chi connectivity index (χ0v) is 12.1. The van der Waals surface area contributed by atoms with Crippen molar-refractivity contribution in [2.45, 2.75) is 9.79 Å². The van der Waals surface area contributed by atoms with E-state index in [-0.39, 0.29) is 0 Å². The summed E-state index contributed by atoms with van der Waals surface area (Å²) < 4.78 is 10.1. The Kier molecular flexibility index (Phi) is 4.53. The van der Waals surface area contributed by atoms with Crippen molar-refractivity contribution in [1.29, 1.82) is 0 Å². The number of benzene rings is 2. The first-order valence-electron chi connectivity index (χ1n) is 5.94. The monoisotopic (exact) mass is 289 g/mol. The first-order valence-corrected chi connectivity index (χ1v) is 6.76. The van der Waals surface area contributed by atoms with Gasteiger partial charge in [-0.2, -0.15) is 0 Å². The molecule has 0 fully saturated rings. The van der Waals surface area contributed by atoms with E-state index in [0.29, 0.717) is 11.3 Å². The first kappa shape index (κ1) is 14.3. The van der Waals surface area contributed by atoms with E-state index in [2.05, 4.69) is 0 Å². The molecule has 20 heavy (non-hydrogen) atoms. The lowest BCUT2D eigenvalue weighted by molar-refractivity contribution is 0.0597. The Labute approximate surface area is 121 Å². The number of ether oxygens (including phenoxy) is 2. The largest absolute Gasteiger partial charge is 0.496 e. The summed E-state index contributed by atoms with van der Waals surface area (Å²) in [5.74, 6) is 0.347. The molecule has 0 saturated heterocycles. The molecule has 0 aromatic heterocycles. The van der Waals surface area contributed by atoms with Gasteiger partial charge in [-0.05, 0) is 30.3 Å². The highest BCUT2D eigenvalue weighted by atomic mass is 32.2. The van der Waals surface area contributed by atoms with Crippen LogP contribution in [0.2, 0.25) is 0 Å². The second kappa shape index (κ2) is 6.34. The highest BCUT2D eigenvalue weighted by molar-refractivity contribution is 7.99. The second-order valence-corrected chi connectivity index (χ2v) is 5.08. The van der Waals surface area contributed by atoms with Crippen LogP contribution in [0.1, 0.15) is 10.4 Å². The average molecular weight is 289 g/mol. The highest BCUT2D eigenvalue weighted by Crippen LogP contribution is 2.37. The fourth-order valence-electron chi connectivity index (χ4n) is 1.73. The van der Waals surface area contributed by atoms with Gasteiger partial charge in [0.25, 0.3) is 0 Å². The van der Waals surface area contributed by atoms with E-state index >= 15 is 0 Å². The second-order valence-electron chi connectivity index (χ2n) is 4.00. The minimum absolute atomic E-state index is 0.408. The van der Waals surface area contributed by atoms with E-state index in [1.54, 1.807) is 25.3 Å². The molecule has 0 heterocycles. The molecule has 5 heteroatoms. The third-order valence-corrected chi connectivity index (χ3v) is 3.83. The summed E-state index contributed by atoms with van der Waals surface area (Å²) in [6.45, 7) is 0. The summed E-state index contributed by atoms with van der Waals surface area (Å²) in [7, 11) is 2.96. The van der Waals surface area contributed by atoms with Crippen LogP contribution in [0.3, 0.4) is 0 Å². The fourth-order valence-corrected chi connectivity index (χ4v) is 2.75. The summed E-state index contributed by atoms with van der Waals surface area (Å²) >= 11 is 1.44. The van der Waals surface area contributed by atoms with Crippen molar-refractivity contribution >= 4 is 23.4 Å². The van der Waals surface area contributed by atoms with Crippen LogP contribution >= 0.6 is 11.8 Å². The molecule has 0 atom stereocenters. The van der Waals surface area contributed by atoms with E-state index in [9.17, 15) is 4.79 Å². The van der Waals surface area contributed by atoms with Crippen LogP contribution in [0.5, 0.6) is 5.75 Å². The van der Waals surface area contributed by atoms with Crippen molar-refractivity contribution in [2.24, 2.45) is 0 Å². The molecular formula is C15H15NO3S. The molecule has 0 unspecified atom stereocenters. The van der Waals surface area contributed by atoms with Gasteiger partial charge in [0.15, 0.2) is 0 Å². The molecule has 0 bridgehead atoms. The summed E-state index contributed by atoms with van der Waals surface area (Å²) in [6.07, 6.45) is 0. The molecule has 0 aliphatic rings. The number of rotatable bonds is 4. The zero-order valence-electron chi connectivity index (χ0n) is 11.3. The molecule has 0 radical (unpaired) electrons. The Bertz CT molecular complexity index is 628. The molecule has 0 amide bonds. The molecule has 0 saturated carbocycles. The number of hydrogen-bond acceptors (Lipinski definition) is 5. The fraction of sp³-hybridized carbons (Fsp3) is 0.133. The number of para-hydroxylation sites is 1. The Morgan fingerprint density at radius 2 is 1.85 bits per heavy atom. The van der Waals surface area contributed by atoms with Crippen molar-refractivity contribution < 1.29 is 14.3 Å². The van der Waals surface area contributed by atoms with Crippen LogP contribution in [0.25, 0.3) is 0 Å². The Hall–Kier alpha value is -2.14. The van der Waals surface area contributed by atoms with E-state index in [0.717, 1.165) is 15.5 Å². The van der Waals surface area contributed by atoms with Crippen molar-refractivity contribution in [3.05, 3.63) is 48.0 Å². The summed E-state index contributed by atoms with van der Waals surface area (Å²) in [6, 6.07) is 12.8. The molecule has 0 spiro atoms. The molecule has 104 valence electrons. The standard InChI is InChI=1S/C15H15NO3S/c1-18-12-5-3-4-6-14(12)20-13-8-7-10(16)9-11(13)15(17)19-2/h3-9H,16H2,1-2H3. The Morgan fingerprint density at radius 3 is 2.55 bits per heavy atom. The molecule has 2 rings (SSSR count). The van der Waals surface area contributed by atoms with Crippen LogP contribution in [0, 0.1) is 0 Å². The molecular weight excluding hydrogens is 274 g/mol. The van der Waals surface area contributed by atoms with Crippen LogP contribution in [-0.4, -0.2) is 20.2 Å². The van der Waals surface area contributed by atoms with Gasteiger partial charge in [-0.15, -0.1) is 0 Å². The third kappa shape index (κ3) is 3.05. The Morgan fingerprint density at radius 1 is 1.10 bits per heavy atom. The summed E-state index contributed by atoms with van der Waals surface area (Å²) in [5, 5.41) is 0. The number of methoxy groups -OCH3 is 2. The maximum absolute atomic E-state index is 11.8. The molecule has 0 aliphatic heterocycles. The van der Waals surface area contributed by atoms with Crippen LogP contribution in [-0.2, 0) is 4.74 Å². The van der Waals surface area contributed by atoms with E-state index in [1.807, 2.05) is 24.3 Å². The topological polar surface area (TPSA) is 61.5 Å². The minimum Gasteiger partial charge on any atom is -0.496 e. The normalized spacial score (nSPS) is 10.1. The van der Waals surface area contributed by atoms with Gasteiger partial charge in [0, 0.05) is 10.6 Å². The third-order valence-electron chi connectivity index (χ3n) is 2.70. The van der Waals surface area contributed by atoms with Crippen molar-refractivity contribution in [2.75, 3.05) is 20.0 Å². The van der Waals surface area contributed by atoms with Crippen LogP contribution in [0.4, 0.5) is 5.69 Å².